The molecule has 0 atom stereocenters. The van der Waals surface area contributed by atoms with Crippen LogP contribution in [0.3, 0.4) is 0 Å². The molecule has 0 unspecified atom stereocenters. The Morgan fingerprint density at radius 1 is 1.33 bits per heavy atom. The minimum atomic E-state index is -0.819. The van der Waals surface area contributed by atoms with E-state index in [2.05, 4.69) is 0 Å². The summed E-state index contributed by atoms with van der Waals surface area (Å²) in [5.74, 6) is 0.203. The third kappa shape index (κ3) is 3.43. The van der Waals surface area contributed by atoms with Crippen LogP contribution in [0.25, 0.3) is 0 Å². The van der Waals surface area contributed by atoms with Gasteiger partial charge >= 0.3 is 5.69 Å². The van der Waals surface area contributed by atoms with Crippen LogP contribution in [-0.4, -0.2) is 44.1 Å². The van der Waals surface area contributed by atoms with E-state index in [0.29, 0.717) is 13.2 Å². The van der Waals surface area contributed by atoms with Crippen LogP contribution >= 0.6 is 0 Å². The van der Waals surface area contributed by atoms with Gasteiger partial charge in [-0.1, -0.05) is 0 Å². The van der Waals surface area contributed by atoms with Crippen molar-refractivity contribution in [3.63, 3.8) is 0 Å². The second-order valence-corrected chi connectivity index (χ2v) is 5.58. The molecule has 1 aromatic rings. The van der Waals surface area contributed by atoms with Crippen molar-refractivity contribution < 1.29 is 19.1 Å². The predicted octanol–water partition coefficient (Wildman–Crippen LogP) is 2.19. The summed E-state index contributed by atoms with van der Waals surface area (Å²) in [4.78, 5) is 12.6. The quantitative estimate of drug-likeness (QED) is 0.612. The van der Waals surface area contributed by atoms with Gasteiger partial charge in [0, 0.05) is 25.8 Å². The summed E-state index contributed by atoms with van der Waals surface area (Å²) in [5, 5.41) is 11.2. The first kappa shape index (κ1) is 15.5. The van der Waals surface area contributed by atoms with E-state index in [1.54, 1.807) is 30.9 Å². The minimum absolute atomic E-state index is 0.0766. The Morgan fingerprint density at radius 3 is 2.48 bits per heavy atom. The molecule has 0 aliphatic carbocycles. The van der Waals surface area contributed by atoms with Crippen LogP contribution in [0.2, 0.25) is 0 Å². The third-order valence-corrected chi connectivity index (χ3v) is 3.22. The maximum Gasteiger partial charge on any atom is 0.313 e. The average molecular weight is 296 g/mol. The van der Waals surface area contributed by atoms with Gasteiger partial charge in [-0.05, 0) is 26.0 Å². The van der Waals surface area contributed by atoms with Crippen LogP contribution in [-0.2, 0) is 9.47 Å². The van der Waals surface area contributed by atoms with Crippen LogP contribution in [0.15, 0.2) is 18.2 Å². The molecule has 0 amide bonds. The fourth-order valence-corrected chi connectivity index (χ4v) is 2.10. The van der Waals surface area contributed by atoms with E-state index in [1.165, 1.54) is 6.07 Å². The second-order valence-electron chi connectivity index (χ2n) is 5.58. The largest absolute Gasteiger partial charge is 0.475 e. The van der Waals surface area contributed by atoms with Gasteiger partial charge in [0.15, 0.2) is 17.6 Å². The van der Waals surface area contributed by atoms with Gasteiger partial charge in [-0.2, -0.15) is 0 Å². The molecule has 21 heavy (non-hydrogen) atoms. The van der Waals surface area contributed by atoms with Crippen molar-refractivity contribution in [2.75, 3.05) is 32.2 Å². The molecule has 1 aliphatic rings. The Balaban J connectivity index is 2.28. The molecule has 1 fully saturated rings. The van der Waals surface area contributed by atoms with Crippen molar-refractivity contribution in [1.29, 1.82) is 0 Å². The number of benzene rings is 1. The van der Waals surface area contributed by atoms with Crippen molar-refractivity contribution in [2.24, 2.45) is 0 Å². The van der Waals surface area contributed by atoms with Gasteiger partial charge in [0.05, 0.1) is 18.1 Å². The molecule has 1 aromatic carbocycles. The number of anilines is 1. The number of hydrogen-bond acceptors (Lipinski definition) is 6. The Kier molecular flexibility index (Phi) is 4.34. The number of rotatable bonds is 5. The monoisotopic (exact) mass is 296 g/mol. The Morgan fingerprint density at radius 2 is 1.95 bits per heavy atom. The number of ether oxygens (including phenoxy) is 3. The predicted molar refractivity (Wildman–Crippen MR) is 77.8 cm³/mol. The molecule has 7 heteroatoms. The lowest BCUT2D eigenvalue weighted by molar-refractivity contribution is -0.386. The van der Waals surface area contributed by atoms with E-state index in [9.17, 15) is 10.1 Å². The van der Waals surface area contributed by atoms with Crippen molar-refractivity contribution in [3.8, 4) is 5.75 Å². The van der Waals surface area contributed by atoms with Crippen LogP contribution < -0.4 is 9.64 Å². The highest BCUT2D eigenvalue weighted by molar-refractivity contribution is 5.59. The topological polar surface area (TPSA) is 74.1 Å². The Labute approximate surface area is 123 Å². The summed E-state index contributed by atoms with van der Waals surface area (Å²) >= 11 is 0. The normalized spacial score (nSPS) is 16.0. The maximum atomic E-state index is 11.2. The molecular formula is C14H20N2O5. The first-order chi connectivity index (χ1) is 9.81. The zero-order chi connectivity index (χ0) is 15.6. The van der Waals surface area contributed by atoms with Crippen LogP contribution in [0.5, 0.6) is 5.75 Å². The molecule has 2 rings (SSSR count). The van der Waals surface area contributed by atoms with Gasteiger partial charge in [-0.25, -0.2) is 0 Å². The van der Waals surface area contributed by atoms with Crippen molar-refractivity contribution in [3.05, 3.63) is 28.3 Å². The zero-order valence-electron chi connectivity index (χ0n) is 12.7. The molecule has 0 N–H and O–H groups in total. The molecule has 7 nitrogen and oxygen atoms in total. The summed E-state index contributed by atoms with van der Waals surface area (Å²) < 4.78 is 16.7. The SMILES string of the molecule is CN(C)c1ccc(OC(C)(C)C2OCCO2)c([N+](=O)[O-])c1. The molecular weight excluding hydrogens is 276 g/mol. The Hall–Kier alpha value is -1.86. The van der Waals surface area contributed by atoms with E-state index in [1.807, 2.05) is 14.1 Å². The number of nitro groups is 1. The fourth-order valence-electron chi connectivity index (χ4n) is 2.10. The summed E-state index contributed by atoms with van der Waals surface area (Å²) in [6.07, 6.45) is -0.536. The third-order valence-electron chi connectivity index (χ3n) is 3.22. The van der Waals surface area contributed by atoms with Gasteiger partial charge in [0.25, 0.3) is 0 Å². The lowest BCUT2D eigenvalue weighted by Gasteiger charge is -2.30. The highest BCUT2D eigenvalue weighted by atomic mass is 16.7. The van der Waals surface area contributed by atoms with Gasteiger partial charge in [-0.3, -0.25) is 10.1 Å². The average Bonchev–Trinajstić information content (AvgIpc) is 2.92. The summed E-state index contributed by atoms with van der Waals surface area (Å²) in [6.45, 7) is 4.57. The van der Waals surface area contributed by atoms with Crippen molar-refractivity contribution in [1.82, 2.24) is 0 Å². The lowest BCUT2D eigenvalue weighted by Crippen LogP contribution is -2.42. The fraction of sp³-hybridized carbons (Fsp3) is 0.571. The van der Waals surface area contributed by atoms with Gasteiger partial charge in [-0.15, -0.1) is 0 Å². The highest BCUT2D eigenvalue weighted by Crippen LogP contribution is 2.35. The molecule has 0 aromatic heterocycles. The standard InChI is InChI=1S/C14H20N2O5/c1-14(2,13-19-7-8-20-13)21-12-6-5-10(15(3)4)9-11(12)16(17)18/h5-6,9,13H,7-8H2,1-4H3. The summed E-state index contributed by atoms with van der Waals surface area (Å²) in [7, 11) is 3.65. The smallest absolute Gasteiger partial charge is 0.313 e. The van der Waals surface area contributed by atoms with Crippen molar-refractivity contribution >= 4 is 11.4 Å². The number of hydrogen-bond donors (Lipinski definition) is 0. The minimum Gasteiger partial charge on any atom is -0.475 e. The maximum absolute atomic E-state index is 11.2. The zero-order valence-corrected chi connectivity index (χ0v) is 12.7. The van der Waals surface area contributed by atoms with E-state index >= 15 is 0 Å². The molecule has 1 saturated heterocycles. The highest BCUT2D eigenvalue weighted by Gasteiger charge is 2.38. The van der Waals surface area contributed by atoms with Crippen LogP contribution in [0, 0.1) is 10.1 Å². The van der Waals surface area contributed by atoms with E-state index in [4.69, 9.17) is 14.2 Å². The molecule has 1 heterocycles. The number of nitro benzene ring substituents is 1. The number of nitrogens with zero attached hydrogens (tertiary/aromatic N) is 2. The van der Waals surface area contributed by atoms with E-state index in [0.717, 1.165) is 5.69 Å². The summed E-state index contributed by atoms with van der Waals surface area (Å²) in [6, 6.07) is 4.86. The molecule has 0 bridgehead atoms. The first-order valence-corrected chi connectivity index (χ1v) is 6.69. The molecule has 116 valence electrons. The van der Waals surface area contributed by atoms with Gasteiger partial charge in [0.2, 0.25) is 0 Å². The van der Waals surface area contributed by atoms with E-state index < -0.39 is 16.8 Å². The molecule has 0 spiro atoms. The van der Waals surface area contributed by atoms with Crippen molar-refractivity contribution in [2.45, 2.75) is 25.7 Å². The summed E-state index contributed by atoms with van der Waals surface area (Å²) in [5.41, 5.74) is -0.159. The molecule has 1 aliphatic heterocycles. The molecule has 0 saturated carbocycles. The lowest BCUT2D eigenvalue weighted by atomic mass is 10.1. The first-order valence-electron chi connectivity index (χ1n) is 6.69. The Bertz CT molecular complexity index is 524. The molecule has 0 radical (unpaired) electrons. The second kappa shape index (κ2) is 5.87. The van der Waals surface area contributed by atoms with Gasteiger partial charge < -0.3 is 19.1 Å². The van der Waals surface area contributed by atoms with Crippen LogP contribution in [0.1, 0.15) is 13.8 Å². The van der Waals surface area contributed by atoms with Gasteiger partial charge in [0.1, 0.15) is 0 Å². The van der Waals surface area contributed by atoms with Crippen LogP contribution in [0.4, 0.5) is 11.4 Å². The van der Waals surface area contributed by atoms with E-state index in [-0.39, 0.29) is 11.4 Å².